The maximum absolute atomic E-state index is 10.4. The Morgan fingerprint density at radius 1 is 1.69 bits per heavy atom. The molecule has 4 nitrogen and oxygen atoms in total. The van der Waals surface area contributed by atoms with E-state index in [1.165, 1.54) is 6.92 Å². The molecule has 1 aliphatic rings. The number of aliphatic carboxylic acids is 1. The number of ether oxygens (including phenoxy) is 2. The van der Waals surface area contributed by atoms with Gasteiger partial charge in [-0.3, -0.25) is 0 Å². The van der Waals surface area contributed by atoms with Gasteiger partial charge in [0.2, 0.25) is 0 Å². The Bertz CT molecular complexity index is 163. The molecule has 1 rings (SSSR count). The largest absolute Gasteiger partial charge is 0.479 e. The standard InChI is InChI=1S/C9H16O4/c1-7(9(10)11)13-6-8-4-2-3-5-12-8/h7-8H,2-6H2,1H3,(H,10,11)/t7-,8?/m0/s1. The van der Waals surface area contributed by atoms with Crippen molar-refractivity contribution in [3.05, 3.63) is 0 Å². The first-order chi connectivity index (χ1) is 6.20. The molecule has 0 aliphatic carbocycles. The van der Waals surface area contributed by atoms with Crippen LogP contribution < -0.4 is 0 Å². The fourth-order valence-corrected chi connectivity index (χ4v) is 1.26. The van der Waals surface area contributed by atoms with E-state index in [4.69, 9.17) is 14.6 Å². The van der Waals surface area contributed by atoms with Crippen molar-refractivity contribution < 1.29 is 19.4 Å². The summed E-state index contributed by atoms with van der Waals surface area (Å²) in [6.07, 6.45) is 2.59. The van der Waals surface area contributed by atoms with Gasteiger partial charge in [-0.25, -0.2) is 4.79 Å². The molecule has 1 unspecified atom stereocenters. The summed E-state index contributed by atoms with van der Waals surface area (Å²) in [7, 11) is 0. The Morgan fingerprint density at radius 2 is 2.46 bits per heavy atom. The van der Waals surface area contributed by atoms with E-state index in [2.05, 4.69) is 0 Å². The molecule has 0 aromatic carbocycles. The fourth-order valence-electron chi connectivity index (χ4n) is 1.26. The van der Waals surface area contributed by atoms with Gasteiger partial charge >= 0.3 is 5.97 Å². The quantitative estimate of drug-likeness (QED) is 0.716. The zero-order chi connectivity index (χ0) is 9.68. The predicted molar refractivity (Wildman–Crippen MR) is 46.6 cm³/mol. The lowest BCUT2D eigenvalue weighted by Gasteiger charge is -2.23. The summed E-state index contributed by atoms with van der Waals surface area (Å²) in [5, 5.41) is 8.55. The van der Waals surface area contributed by atoms with Gasteiger partial charge in [0, 0.05) is 6.61 Å². The SMILES string of the molecule is C[C@H](OCC1CCCCO1)C(=O)O. The van der Waals surface area contributed by atoms with Crippen molar-refractivity contribution in [2.24, 2.45) is 0 Å². The average Bonchev–Trinajstić information content (AvgIpc) is 2.15. The predicted octanol–water partition coefficient (Wildman–Crippen LogP) is 1.05. The topological polar surface area (TPSA) is 55.8 Å². The van der Waals surface area contributed by atoms with Gasteiger partial charge in [-0.2, -0.15) is 0 Å². The first kappa shape index (κ1) is 10.5. The number of carboxylic acid groups (broad SMARTS) is 1. The van der Waals surface area contributed by atoms with Gasteiger partial charge in [0.15, 0.2) is 6.10 Å². The van der Waals surface area contributed by atoms with E-state index < -0.39 is 12.1 Å². The lowest BCUT2D eigenvalue weighted by molar-refractivity contribution is -0.152. The molecule has 1 saturated heterocycles. The zero-order valence-electron chi connectivity index (χ0n) is 7.86. The number of rotatable bonds is 4. The maximum Gasteiger partial charge on any atom is 0.332 e. The van der Waals surface area contributed by atoms with Gasteiger partial charge in [-0.1, -0.05) is 0 Å². The summed E-state index contributed by atoms with van der Waals surface area (Å²) < 4.78 is 10.5. The molecule has 76 valence electrons. The zero-order valence-corrected chi connectivity index (χ0v) is 7.86. The Kier molecular flexibility index (Phi) is 4.18. The van der Waals surface area contributed by atoms with Crippen molar-refractivity contribution in [3.8, 4) is 0 Å². The molecule has 0 aromatic rings. The molecule has 2 atom stereocenters. The lowest BCUT2D eigenvalue weighted by Crippen LogP contribution is -2.29. The minimum Gasteiger partial charge on any atom is -0.479 e. The second-order valence-electron chi connectivity index (χ2n) is 3.30. The summed E-state index contributed by atoms with van der Waals surface area (Å²) >= 11 is 0. The van der Waals surface area contributed by atoms with Crippen LogP contribution in [0.25, 0.3) is 0 Å². The molecule has 0 aromatic heterocycles. The monoisotopic (exact) mass is 188 g/mol. The van der Waals surface area contributed by atoms with Crippen LogP contribution in [0, 0.1) is 0 Å². The molecule has 1 N–H and O–H groups in total. The van der Waals surface area contributed by atoms with E-state index in [-0.39, 0.29) is 6.10 Å². The van der Waals surface area contributed by atoms with Gasteiger partial charge < -0.3 is 14.6 Å². The van der Waals surface area contributed by atoms with Crippen LogP contribution in [0.3, 0.4) is 0 Å². The average molecular weight is 188 g/mol. The van der Waals surface area contributed by atoms with Crippen molar-refractivity contribution in [3.63, 3.8) is 0 Å². The third kappa shape index (κ3) is 3.74. The van der Waals surface area contributed by atoms with Crippen molar-refractivity contribution in [2.75, 3.05) is 13.2 Å². The Labute approximate surface area is 77.8 Å². The van der Waals surface area contributed by atoms with Crippen LogP contribution >= 0.6 is 0 Å². The van der Waals surface area contributed by atoms with Crippen LogP contribution in [0.15, 0.2) is 0 Å². The van der Waals surface area contributed by atoms with E-state index >= 15 is 0 Å². The summed E-state index contributed by atoms with van der Waals surface area (Å²) in [5.41, 5.74) is 0. The molecular formula is C9H16O4. The Hall–Kier alpha value is -0.610. The van der Waals surface area contributed by atoms with Crippen LogP contribution in [-0.2, 0) is 14.3 Å². The van der Waals surface area contributed by atoms with Gasteiger partial charge in [-0.15, -0.1) is 0 Å². The van der Waals surface area contributed by atoms with E-state index in [0.29, 0.717) is 6.61 Å². The van der Waals surface area contributed by atoms with Crippen LogP contribution in [-0.4, -0.2) is 36.5 Å². The van der Waals surface area contributed by atoms with Gasteiger partial charge in [0.05, 0.1) is 12.7 Å². The van der Waals surface area contributed by atoms with Crippen LogP contribution in [0.1, 0.15) is 26.2 Å². The first-order valence-electron chi connectivity index (χ1n) is 4.66. The summed E-state index contributed by atoms with van der Waals surface area (Å²) in [4.78, 5) is 10.4. The number of hydrogen-bond donors (Lipinski definition) is 1. The molecule has 0 saturated carbocycles. The second kappa shape index (κ2) is 5.19. The second-order valence-corrected chi connectivity index (χ2v) is 3.30. The summed E-state index contributed by atoms with van der Waals surface area (Å²) in [6, 6.07) is 0. The molecule has 0 amide bonds. The lowest BCUT2D eigenvalue weighted by atomic mass is 10.1. The van der Waals surface area contributed by atoms with Crippen molar-refractivity contribution in [1.82, 2.24) is 0 Å². The van der Waals surface area contributed by atoms with Crippen molar-refractivity contribution in [2.45, 2.75) is 38.4 Å². The molecule has 0 radical (unpaired) electrons. The molecule has 1 fully saturated rings. The molecule has 0 bridgehead atoms. The third-order valence-electron chi connectivity index (χ3n) is 2.15. The highest BCUT2D eigenvalue weighted by atomic mass is 16.5. The number of carbonyl (C=O) groups is 1. The van der Waals surface area contributed by atoms with E-state index in [9.17, 15) is 4.79 Å². The Morgan fingerprint density at radius 3 is 3.00 bits per heavy atom. The van der Waals surface area contributed by atoms with Gasteiger partial charge in [0.1, 0.15) is 0 Å². The minimum atomic E-state index is -0.921. The van der Waals surface area contributed by atoms with Crippen LogP contribution in [0.5, 0.6) is 0 Å². The fraction of sp³-hybridized carbons (Fsp3) is 0.889. The van der Waals surface area contributed by atoms with Crippen molar-refractivity contribution >= 4 is 5.97 Å². The van der Waals surface area contributed by atoms with Crippen LogP contribution in [0.4, 0.5) is 0 Å². The molecule has 4 heteroatoms. The highest BCUT2D eigenvalue weighted by molar-refractivity contribution is 5.71. The summed E-state index contributed by atoms with van der Waals surface area (Å²) in [6.45, 7) is 2.70. The molecule has 1 heterocycles. The first-order valence-corrected chi connectivity index (χ1v) is 4.66. The van der Waals surface area contributed by atoms with Crippen LogP contribution in [0.2, 0.25) is 0 Å². The van der Waals surface area contributed by atoms with Gasteiger partial charge in [-0.05, 0) is 26.2 Å². The molecule has 13 heavy (non-hydrogen) atoms. The van der Waals surface area contributed by atoms with E-state index in [1.807, 2.05) is 0 Å². The van der Waals surface area contributed by atoms with Crippen molar-refractivity contribution in [1.29, 1.82) is 0 Å². The molecule has 0 spiro atoms. The Balaban J connectivity index is 2.13. The minimum absolute atomic E-state index is 0.0931. The third-order valence-corrected chi connectivity index (χ3v) is 2.15. The number of hydrogen-bond acceptors (Lipinski definition) is 3. The number of carboxylic acids is 1. The maximum atomic E-state index is 10.4. The van der Waals surface area contributed by atoms with E-state index in [0.717, 1.165) is 25.9 Å². The molecule has 1 aliphatic heterocycles. The highest BCUT2D eigenvalue weighted by Crippen LogP contribution is 2.13. The summed E-state index contributed by atoms with van der Waals surface area (Å²) in [5.74, 6) is -0.921. The van der Waals surface area contributed by atoms with E-state index in [1.54, 1.807) is 0 Å². The normalized spacial score (nSPS) is 25.5. The molecular weight excluding hydrogens is 172 g/mol. The highest BCUT2D eigenvalue weighted by Gasteiger charge is 2.17. The smallest absolute Gasteiger partial charge is 0.332 e. The van der Waals surface area contributed by atoms with Gasteiger partial charge in [0.25, 0.3) is 0 Å².